The van der Waals surface area contributed by atoms with Gasteiger partial charge in [0, 0.05) is 6.42 Å². The van der Waals surface area contributed by atoms with Gasteiger partial charge in [0.2, 0.25) is 0 Å². The number of rotatable bonds is 4. The van der Waals surface area contributed by atoms with Crippen molar-refractivity contribution in [3.8, 4) is 11.5 Å². The van der Waals surface area contributed by atoms with E-state index in [0.29, 0.717) is 0 Å². The highest BCUT2D eigenvalue weighted by Crippen LogP contribution is 2.32. The Labute approximate surface area is 102 Å². The molecule has 0 heterocycles. The maximum absolute atomic E-state index is 12.2. The summed E-state index contributed by atoms with van der Waals surface area (Å²) in [7, 11) is 1.34. The van der Waals surface area contributed by atoms with E-state index in [2.05, 4.69) is 0 Å². The molecule has 4 N–H and O–H groups in total. The number of aliphatic hydroxyl groups is 1. The number of phenolic OH excluding ortho intramolecular Hbond substituents is 1. The molecule has 102 valence electrons. The van der Waals surface area contributed by atoms with E-state index >= 15 is 0 Å². The molecule has 1 rings (SSSR count). The van der Waals surface area contributed by atoms with Crippen LogP contribution in [0.3, 0.4) is 0 Å². The summed E-state index contributed by atoms with van der Waals surface area (Å²) >= 11 is 0. The van der Waals surface area contributed by atoms with E-state index in [1.54, 1.807) is 0 Å². The zero-order valence-electron chi connectivity index (χ0n) is 9.61. The normalized spacial score (nSPS) is 15.2. The third-order valence-corrected chi connectivity index (χ3v) is 2.49. The second kappa shape index (κ2) is 5.45. The lowest BCUT2D eigenvalue weighted by Gasteiger charge is -2.19. The molecule has 0 unspecified atom stereocenters. The molecule has 0 amide bonds. The third-order valence-electron chi connectivity index (χ3n) is 2.49. The molecule has 18 heavy (non-hydrogen) atoms. The molecule has 0 fully saturated rings. The Morgan fingerprint density at radius 2 is 2.00 bits per heavy atom. The summed E-state index contributed by atoms with van der Waals surface area (Å²) in [6.07, 6.45) is -6.64. The van der Waals surface area contributed by atoms with Crippen molar-refractivity contribution in [2.75, 3.05) is 7.11 Å². The molecule has 0 radical (unpaired) electrons. The lowest BCUT2D eigenvalue weighted by Crippen LogP contribution is -2.38. The number of methoxy groups -OCH3 is 1. The Bertz CT molecular complexity index is 409. The van der Waals surface area contributed by atoms with Crippen LogP contribution in [0.1, 0.15) is 18.1 Å². The summed E-state index contributed by atoms with van der Waals surface area (Å²) in [5.74, 6) is -0.0827. The van der Waals surface area contributed by atoms with Gasteiger partial charge in [-0.1, -0.05) is 6.07 Å². The van der Waals surface area contributed by atoms with Crippen molar-refractivity contribution < 1.29 is 28.1 Å². The molecule has 7 heteroatoms. The van der Waals surface area contributed by atoms with Gasteiger partial charge in [0.15, 0.2) is 11.5 Å². The van der Waals surface area contributed by atoms with E-state index < -0.39 is 24.7 Å². The van der Waals surface area contributed by atoms with Crippen molar-refractivity contribution in [3.63, 3.8) is 0 Å². The van der Waals surface area contributed by atoms with Gasteiger partial charge in [-0.3, -0.25) is 0 Å². The standard InChI is InChI=1S/C11H14F3NO3/c1-18-9-3-2-6(4-8(9)17)7(16)5-10(15)11(12,13)14/h2-4,7,10,16-17H,5,15H2,1H3/t7-,10+/m1/s1. The molecule has 0 saturated carbocycles. The van der Waals surface area contributed by atoms with Crippen LogP contribution in [0.5, 0.6) is 11.5 Å². The highest BCUT2D eigenvalue weighted by atomic mass is 19.4. The minimum Gasteiger partial charge on any atom is -0.504 e. The van der Waals surface area contributed by atoms with Crippen LogP contribution in [-0.4, -0.2) is 29.5 Å². The number of hydrogen-bond acceptors (Lipinski definition) is 4. The van der Waals surface area contributed by atoms with E-state index in [0.717, 1.165) is 6.07 Å². The fourth-order valence-electron chi connectivity index (χ4n) is 1.42. The highest BCUT2D eigenvalue weighted by Gasteiger charge is 2.38. The van der Waals surface area contributed by atoms with Crippen molar-refractivity contribution in [3.05, 3.63) is 23.8 Å². The largest absolute Gasteiger partial charge is 0.504 e. The number of hydrogen-bond donors (Lipinski definition) is 3. The maximum Gasteiger partial charge on any atom is 0.403 e. The quantitative estimate of drug-likeness (QED) is 0.774. The van der Waals surface area contributed by atoms with Crippen molar-refractivity contribution in [1.29, 1.82) is 0 Å². The lowest BCUT2D eigenvalue weighted by atomic mass is 10.0. The molecule has 2 atom stereocenters. The second-order valence-corrected chi connectivity index (χ2v) is 3.83. The van der Waals surface area contributed by atoms with E-state index in [4.69, 9.17) is 10.5 Å². The van der Waals surface area contributed by atoms with E-state index in [9.17, 15) is 23.4 Å². The summed E-state index contributed by atoms with van der Waals surface area (Å²) in [5, 5.41) is 19.1. The van der Waals surface area contributed by atoms with E-state index in [-0.39, 0.29) is 17.1 Å². The van der Waals surface area contributed by atoms with Gasteiger partial charge in [-0.2, -0.15) is 13.2 Å². The second-order valence-electron chi connectivity index (χ2n) is 3.83. The number of aliphatic hydroxyl groups excluding tert-OH is 1. The van der Waals surface area contributed by atoms with Crippen LogP contribution in [-0.2, 0) is 0 Å². The number of halogens is 3. The minimum absolute atomic E-state index is 0.146. The van der Waals surface area contributed by atoms with Gasteiger partial charge < -0.3 is 20.7 Å². The Kier molecular flexibility index (Phi) is 4.42. The summed E-state index contributed by atoms with van der Waals surface area (Å²) < 4.78 is 41.4. The monoisotopic (exact) mass is 265 g/mol. The number of alkyl halides is 3. The van der Waals surface area contributed by atoms with Gasteiger partial charge in [0.25, 0.3) is 0 Å². The van der Waals surface area contributed by atoms with Gasteiger partial charge >= 0.3 is 6.18 Å². The molecule has 0 bridgehead atoms. The lowest BCUT2D eigenvalue weighted by molar-refractivity contribution is -0.153. The first kappa shape index (κ1) is 14.6. The van der Waals surface area contributed by atoms with Crippen molar-refractivity contribution in [1.82, 2.24) is 0 Å². The number of ether oxygens (including phenoxy) is 1. The van der Waals surface area contributed by atoms with Gasteiger partial charge in [-0.05, 0) is 17.7 Å². The molecule has 0 aliphatic heterocycles. The van der Waals surface area contributed by atoms with Crippen molar-refractivity contribution in [2.24, 2.45) is 5.73 Å². The first-order chi connectivity index (χ1) is 8.25. The molecule has 0 aromatic heterocycles. The molecule has 0 spiro atoms. The predicted molar refractivity (Wildman–Crippen MR) is 58.3 cm³/mol. The van der Waals surface area contributed by atoms with Crippen molar-refractivity contribution in [2.45, 2.75) is 24.7 Å². The summed E-state index contributed by atoms with van der Waals surface area (Å²) in [4.78, 5) is 0. The molecular formula is C11H14F3NO3. The molecule has 4 nitrogen and oxygen atoms in total. The van der Waals surface area contributed by atoms with Crippen LogP contribution in [0.25, 0.3) is 0 Å². The van der Waals surface area contributed by atoms with E-state index in [1.807, 2.05) is 0 Å². The van der Waals surface area contributed by atoms with Crippen molar-refractivity contribution >= 4 is 0 Å². The summed E-state index contributed by atoms with van der Waals surface area (Å²) in [6.45, 7) is 0. The number of aromatic hydroxyl groups is 1. The Morgan fingerprint density at radius 1 is 1.39 bits per heavy atom. The van der Waals surface area contributed by atoms with Crippen LogP contribution in [0.4, 0.5) is 13.2 Å². The molecule has 0 aliphatic rings. The molecule has 0 saturated heterocycles. The van der Waals surface area contributed by atoms with Gasteiger partial charge in [-0.15, -0.1) is 0 Å². The molecular weight excluding hydrogens is 251 g/mol. The summed E-state index contributed by atoms with van der Waals surface area (Å²) in [5.41, 5.74) is 5.06. The average molecular weight is 265 g/mol. The van der Waals surface area contributed by atoms with Gasteiger partial charge in [-0.25, -0.2) is 0 Å². The fourth-order valence-corrected chi connectivity index (χ4v) is 1.42. The average Bonchev–Trinajstić information content (AvgIpc) is 2.27. The Balaban J connectivity index is 2.79. The predicted octanol–water partition coefficient (Wildman–Crippen LogP) is 1.71. The van der Waals surface area contributed by atoms with Crippen LogP contribution in [0.2, 0.25) is 0 Å². The molecule has 1 aromatic carbocycles. The highest BCUT2D eigenvalue weighted by molar-refractivity contribution is 5.42. The maximum atomic E-state index is 12.2. The first-order valence-electron chi connectivity index (χ1n) is 5.13. The van der Waals surface area contributed by atoms with Gasteiger partial charge in [0.1, 0.15) is 6.04 Å². The van der Waals surface area contributed by atoms with Crippen LogP contribution in [0.15, 0.2) is 18.2 Å². The molecule has 0 aliphatic carbocycles. The zero-order chi connectivity index (χ0) is 13.9. The Hall–Kier alpha value is -1.47. The van der Waals surface area contributed by atoms with Crippen LogP contribution in [0, 0.1) is 0 Å². The SMILES string of the molecule is COc1ccc([C@H](O)C[C@H](N)C(F)(F)F)cc1O. The third kappa shape index (κ3) is 3.51. The first-order valence-corrected chi connectivity index (χ1v) is 5.13. The number of nitrogens with two attached hydrogens (primary N) is 1. The topological polar surface area (TPSA) is 75.7 Å². The number of phenols is 1. The number of benzene rings is 1. The van der Waals surface area contributed by atoms with E-state index in [1.165, 1.54) is 19.2 Å². The molecule has 1 aromatic rings. The van der Waals surface area contributed by atoms with Crippen LogP contribution < -0.4 is 10.5 Å². The zero-order valence-corrected chi connectivity index (χ0v) is 9.61. The smallest absolute Gasteiger partial charge is 0.403 e. The van der Waals surface area contributed by atoms with Crippen LogP contribution >= 0.6 is 0 Å². The fraction of sp³-hybridized carbons (Fsp3) is 0.455. The minimum atomic E-state index is -4.56. The Morgan fingerprint density at radius 3 is 2.44 bits per heavy atom. The van der Waals surface area contributed by atoms with Gasteiger partial charge in [0.05, 0.1) is 13.2 Å². The summed E-state index contributed by atoms with van der Waals surface area (Å²) in [6, 6.07) is 1.75.